The van der Waals surface area contributed by atoms with E-state index in [1.807, 2.05) is 17.9 Å². The second-order valence-corrected chi connectivity index (χ2v) is 7.84. The highest BCUT2D eigenvalue weighted by molar-refractivity contribution is 5.94. The van der Waals surface area contributed by atoms with Crippen LogP contribution in [0.4, 0.5) is 4.39 Å². The van der Waals surface area contributed by atoms with Crippen LogP contribution in [0, 0.1) is 32.5 Å². The molecular formula is C21H24FN5O. The van der Waals surface area contributed by atoms with Crippen LogP contribution in [0.1, 0.15) is 52.1 Å². The van der Waals surface area contributed by atoms with Crippen LogP contribution in [0.2, 0.25) is 0 Å². The number of nitrogens with zero attached hydrogens (tertiary/aromatic N) is 5. The second-order valence-electron chi connectivity index (χ2n) is 7.84. The van der Waals surface area contributed by atoms with E-state index in [1.165, 1.54) is 6.33 Å². The van der Waals surface area contributed by atoms with Crippen LogP contribution in [-0.2, 0) is 0 Å². The van der Waals surface area contributed by atoms with Gasteiger partial charge in [0, 0.05) is 30.3 Å². The molecule has 1 amide bonds. The van der Waals surface area contributed by atoms with Crippen molar-refractivity contribution in [2.24, 2.45) is 5.92 Å². The molecule has 4 rings (SSSR count). The van der Waals surface area contributed by atoms with Crippen LogP contribution in [0.15, 0.2) is 24.5 Å². The molecule has 1 fully saturated rings. The number of aryl methyl sites for hydroxylation is 3. The van der Waals surface area contributed by atoms with Crippen molar-refractivity contribution in [2.45, 2.75) is 40.0 Å². The molecule has 0 radical (unpaired) electrons. The van der Waals surface area contributed by atoms with Gasteiger partial charge in [0.25, 0.3) is 11.7 Å². The lowest BCUT2D eigenvalue weighted by molar-refractivity contribution is 0.0666. The third-order valence-electron chi connectivity index (χ3n) is 5.72. The van der Waals surface area contributed by atoms with Crippen LogP contribution in [-0.4, -0.2) is 43.5 Å². The van der Waals surface area contributed by atoms with Gasteiger partial charge in [-0.25, -0.2) is 13.9 Å². The topological polar surface area (TPSA) is 63.4 Å². The van der Waals surface area contributed by atoms with Crippen molar-refractivity contribution >= 4 is 11.7 Å². The van der Waals surface area contributed by atoms with E-state index in [9.17, 15) is 9.18 Å². The minimum atomic E-state index is -0.248. The van der Waals surface area contributed by atoms with E-state index in [1.54, 1.807) is 30.5 Å². The van der Waals surface area contributed by atoms with Gasteiger partial charge >= 0.3 is 0 Å². The summed E-state index contributed by atoms with van der Waals surface area (Å²) in [6.07, 6.45) is 2.40. The summed E-state index contributed by atoms with van der Waals surface area (Å²) in [4.78, 5) is 23.6. The summed E-state index contributed by atoms with van der Waals surface area (Å²) in [7, 11) is 0. The average molecular weight is 381 g/mol. The summed E-state index contributed by atoms with van der Waals surface area (Å²) >= 11 is 0. The molecule has 0 N–H and O–H groups in total. The lowest BCUT2D eigenvalue weighted by Crippen LogP contribution is -2.42. The average Bonchev–Trinajstić information content (AvgIpc) is 3.13. The highest BCUT2D eigenvalue weighted by Gasteiger charge is 2.32. The fourth-order valence-electron chi connectivity index (χ4n) is 4.11. The summed E-state index contributed by atoms with van der Waals surface area (Å²) in [5.41, 5.74) is 3.45. The normalized spacial score (nSPS) is 20.0. The second kappa shape index (κ2) is 6.96. The molecule has 0 bridgehead atoms. The van der Waals surface area contributed by atoms with Crippen LogP contribution in [0.5, 0.6) is 0 Å². The number of rotatable bonds is 2. The minimum Gasteiger partial charge on any atom is -0.338 e. The van der Waals surface area contributed by atoms with Crippen molar-refractivity contribution < 1.29 is 9.18 Å². The summed E-state index contributed by atoms with van der Waals surface area (Å²) in [5.74, 6) is 0.808. The van der Waals surface area contributed by atoms with E-state index in [4.69, 9.17) is 0 Å². The Morgan fingerprint density at radius 1 is 1.18 bits per heavy atom. The predicted molar refractivity (Wildman–Crippen MR) is 104 cm³/mol. The fourth-order valence-corrected chi connectivity index (χ4v) is 4.11. The molecule has 2 aromatic heterocycles. The first-order valence-electron chi connectivity index (χ1n) is 9.58. The van der Waals surface area contributed by atoms with E-state index < -0.39 is 0 Å². The summed E-state index contributed by atoms with van der Waals surface area (Å²) in [6.45, 7) is 8.82. The molecule has 28 heavy (non-hydrogen) atoms. The Labute approximate surface area is 163 Å². The number of aromatic nitrogens is 4. The first-order valence-corrected chi connectivity index (χ1v) is 9.58. The van der Waals surface area contributed by atoms with E-state index in [2.05, 4.69) is 22.0 Å². The quantitative estimate of drug-likeness (QED) is 0.682. The Morgan fingerprint density at radius 3 is 2.61 bits per heavy atom. The molecule has 6 nitrogen and oxygen atoms in total. The van der Waals surface area contributed by atoms with Gasteiger partial charge in [0.15, 0.2) is 0 Å². The maximum atomic E-state index is 14.0. The SMILES string of the molecule is Cc1cc([C@@H]2CN(C(=O)c3cc(C)c(F)c(C)c3)CCC2C)n2ncnc2n1. The van der Waals surface area contributed by atoms with Crippen LogP contribution < -0.4 is 0 Å². The van der Waals surface area contributed by atoms with Crippen LogP contribution in [0.25, 0.3) is 5.78 Å². The van der Waals surface area contributed by atoms with Gasteiger partial charge in [-0.05, 0) is 62.4 Å². The number of amides is 1. The third kappa shape index (κ3) is 3.15. The number of carbonyl (C=O) groups excluding carboxylic acids is 1. The molecule has 2 atom stereocenters. The van der Waals surface area contributed by atoms with Gasteiger partial charge < -0.3 is 4.90 Å². The molecule has 146 valence electrons. The molecule has 0 saturated carbocycles. The van der Waals surface area contributed by atoms with Gasteiger partial charge in [-0.3, -0.25) is 4.79 Å². The first kappa shape index (κ1) is 18.5. The Balaban J connectivity index is 1.67. The molecule has 1 saturated heterocycles. The molecule has 1 aliphatic rings. The smallest absolute Gasteiger partial charge is 0.253 e. The van der Waals surface area contributed by atoms with Crippen molar-refractivity contribution in [2.75, 3.05) is 13.1 Å². The zero-order valence-electron chi connectivity index (χ0n) is 16.6. The molecule has 3 aromatic rings. The Bertz CT molecular complexity index is 1040. The molecule has 7 heteroatoms. The zero-order valence-corrected chi connectivity index (χ0v) is 16.6. The Morgan fingerprint density at radius 2 is 1.89 bits per heavy atom. The lowest BCUT2D eigenvalue weighted by atomic mass is 9.84. The maximum absolute atomic E-state index is 14.0. The highest BCUT2D eigenvalue weighted by atomic mass is 19.1. The van der Waals surface area contributed by atoms with Gasteiger partial charge in [-0.15, -0.1) is 0 Å². The summed E-state index contributed by atoms with van der Waals surface area (Å²) in [5, 5.41) is 4.33. The fraction of sp³-hybridized carbons (Fsp3) is 0.429. The molecular weight excluding hydrogens is 357 g/mol. The highest BCUT2D eigenvalue weighted by Crippen LogP contribution is 2.33. The van der Waals surface area contributed by atoms with E-state index >= 15 is 0 Å². The largest absolute Gasteiger partial charge is 0.338 e. The first-order chi connectivity index (χ1) is 13.3. The van der Waals surface area contributed by atoms with E-state index in [-0.39, 0.29) is 17.6 Å². The van der Waals surface area contributed by atoms with Crippen LogP contribution in [0.3, 0.4) is 0 Å². The van der Waals surface area contributed by atoms with Crippen molar-refractivity contribution in [3.8, 4) is 0 Å². The molecule has 0 aliphatic carbocycles. The maximum Gasteiger partial charge on any atom is 0.253 e. The number of halogens is 1. The van der Waals surface area contributed by atoms with E-state index in [0.717, 1.165) is 17.8 Å². The van der Waals surface area contributed by atoms with Crippen molar-refractivity contribution in [3.05, 3.63) is 58.4 Å². The number of likely N-dealkylation sites (tertiary alicyclic amines) is 1. The van der Waals surface area contributed by atoms with Crippen LogP contribution >= 0.6 is 0 Å². The van der Waals surface area contributed by atoms with Gasteiger partial charge in [0.05, 0.1) is 5.69 Å². The summed E-state index contributed by atoms with van der Waals surface area (Å²) < 4.78 is 15.7. The van der Waals surface area contributed by atoms with Gasteiger partial charge in [0.2, 0.25) is 0 Å². The molecule has 0 spiro atoms. The van der Waals surface area contributed by atoms with E-state index in [0.29, 0.717) is 41.5 Å². The molecule has 3 heterocycles. The van der Waals surface area contributed by atoms with Gasteiger partial charge in [-0.2, -0.15) is 10.1 Å². The molecule has 1 aliphatic heterocycles. The number of carbonyl (C=O) groups is 1. The predicted octanol–water partition coefficient (Wildman–Crippen LogP) is 3.45. The van der Waals surface area contributed by atoms with Crippen molar-refractivity contribution in [3.63, 3.8) is 0 Å². The molecule has 1 aromatic carbocycles. The molecule has 1 unspecified atom stereocenters. The van der Waals surface area contributed by atoms with Crippen molar-refractivity contribution in [1.82, 2.24) is 24.5 Å². The standard InChI is InChI=1S/C21H24FN5O/c1-12-5-6-26(20(28)16-7-13(2)19(22)14(3)8-16)10-17(12)18-9-15(4)25-21-23-11-24-27(18)21/h7-9,11-12,17H,5-6,10H2,1-4H3/t12?,17-/m1/s1. The number of hydrogen-bond donors (Lipinski definition) is 0. The number of benzene rings is 1. The minimum absolute atomic E-state index is 0.0521. The third-order valence-corrected chi connectivity index (χ3v) is 5.72. The number of fused-ring (bicyclic) bond motifs is 1. The Kier molecular flexibility index (Phi) is 4.61. The number of hydrogen-bond acceptors (Lipinski definition) is 4. The zero-order chi connectivity index (χ0) is 20.0. The lowest BCUT2D eigenvalue weighted by Gasteiger charge is -2.37. The number of piperidine rings is 1. The van der Waals surface area contributed by atoms with Gasteiger partial charge in [0.1, 0.15) is 12.1 Å². The monoisotopic (exact) mass is 381 g/mol. The van der Waals surface area contributed by atoms with Crippen molar-refractivity contribution in [1.29, 1.82) is 0 Å². The summed E-state index contributed by atoms with van der Waals surface area (Å²) in [6, 6.07) is 5.32. The Hall–Kier alpha value is -2.83. The van der Waals surface area contributed by atoms with Gasteiger partial charge in [-0.1, -0.05) is 6.92 Å².